The van der Waals surface area contributed by atoms with Gasteiger partial charge in [-0.3, -0.25) is 9.36 Å². The predicted octanol–water partition coefficient (Wildman–Crippen LogP) is 2.01. The molecule has 0 unspecified atom stereocenters. The minimum atomic E-state index is 0.671. The quantitative estimate of drug-likeness (QED) is 0.918. The first kappa shape index (κ1) is 15.1. The number of hydrogen-bond acceptors (Lipinski definition) is 3. The van der Waals surface area contributed by atoms with Gasteiger partial charge < -0.3 is 5.32 Å². The van der Waals surface area contributed by atoms with Gasteiger partial charge in [0.2, 0.25) is 0 Å². The summed E-state index contributed by atoms with van der Waals surface area (Å²) in [5.74, 6) is 0. The smallest absolute Gasteiger partial charge is 0.132 e. The molecule has 2 heterocycles. The van der Waals surface area contributed by atoms with Crippen molar-refractivity contribution in [3.63, 3.8) is 0 Å². The number of nitrogens with one attached hydrogen (secondary N) is 1. The van der Waals surface area contributed by atoms with Gasteiger partial charge in [-0.1, -0.05) is 11.6 Å². The summed E-state index contributed by atoms with van der Waals surface area (Å²) in [4.78, 5) is 0. The summed E-state index contributed by atoms with van der Waals surface area (Å²) in [6, 6.07) is 0. The average molecular weight is 296 g/mol. The molecule has 20 heavy (non-hydrogen) atoms. The van der Waals surface area contributed by atoms with Gasteiger partial charge in [0.05, 0.1) is 17.9 Å². The topological polar surface area (TPSA) is 47.7 Å². The van der Waals surface area contributed by atoms with E-state index < -0.39 is 0 Å². The van der Waals surface area contributed by atoms with Crippen molar-refractivity contribution in [3.8, 4) is 0 Å². The van der Waals surface area contributed by atoms with Crippen molar-refractivity contribution in [2.45, 2.75) is 33.7 Å². The Kier molecular flexibility index (Phi) is 4.50. The summed E-state index contributed by atoms with van der Waals surface area (Å²) in [5, 5.41) is 12.9. The molecule has 0 aliphatic carbocycles. The Morgan fingerprint density at radius 1 is 1.10 bits per heavy atom. The molecule has 6 heteroatoms. The Labute approximate surface area is 124 Å². The lowest BCUT2D eigenvalue weighted by atomic mass is 10.1. The lowest BCUT2D eigenvalue weighted by molar-refractivity contribution is 0.655. The fourth-order valence-corrected chi connectivity index (χ4v) is 2.74. The molecule has 5 nitrogen and oxygen atoms in total. The summed E-state index contributed by atoms with van der Waals surface area (Å²) in [7, 11) is 3.83. The second kappa shape index (κ2) is 5.97. The molecule has 0 spiro atoms. The second-order valence-electron chi connectivity index (χ2n) is 5.14. The molecule has 0 saturated heterocycles. The molecule has 2 aromatic rings. The van der Waals surface area contributed by atoms with E-state index in [0.717, 1.165) is 29.9 Å². The minimum absolute atomic E-state index is 0.671. The molecule has 0 atom stereocenters. The second-order valence-corrected chi connectivity index (χ2v) is 5.50. The zero-order chi connectivity index (χ0) is 14.9. The summed E-state index contributed by atoms with van der Waals surface area (Å²) >= 11 is 6.30. The van der Waals surface area contributed by atoms with Gasteiger partial charge in [0.1, 0.15) is 5.15 Å². The Balaban J connectivity index is 2.30. The van der Waals surface area contributed by atoms with Crippen LogP contribution in [0.3, 0.4) is 0 Å². The van der Waals surface area contributed by atoms with Crippen LogP contribution in [0.25, 0.3) is 0 Å². The van der Waals surface area contributed by atoms with Crippen molar-refractivity contribution in [2.24, 2.45) is 7.05 Å². The van der Waals surface area contributed by atoms with E-state index >= 15 is 0 Å². The number of rotatable bonds is 5. The van der Waals surface area contributed by atoms with E-state index in [1.54, 1.807) is 4.68 Å². The van der Waals surface area contributed by atoms with Crippen molar-refractivity contribution in [3.05, 3.63) is 33.4 Å². The Morgan fingerprint density at radius 3 is 2.30 bits per heavy atom. The van der Waals surface area contributed by atoms with Crippen LogP contribution in [0, 0.1) is 20.8 Å². The predicted molar refractivity (Wildman–Crippen MR) is 81.4 cm³/mol. The van der Waals surface area contributed by atoms with Crippen molar-refractivity contribution in [1.82, 2.24) is 24.9 Å². The van der Waals surface area contributed by atoms with Gasteiger partial charge in [-0.2, -0.15) is 10.2 Å². The highest BCUT2D eigenvalue weighted by Gasteiger charge is 2.16. The lowest BCUT2D eigenvalue weighted by Crippen LogP contribution is -2.11. The first-order chi connectivity index (χ1) is 9.45. The van der Waals surface area contributed by atoms with Crippen molar-refractivity contribution in [2.75, 3.05) is 13.6 Å². The van der Waals surface area contributed by atoms with Crippen molar-refractivity contribution in [1.29, 1.82) is 0 Å². The molecule has 0 radical (unpaired) electrons. The molecule has 110 valence electrons. The van der Waals surface area contributed by atoms with E-state index in [1.807, 2.05) is 25.7 Å². The van der Waals surface area contributed by atoms with Gasteiger partial charge in [-0.05, 0) is 46.3 Å². The van der Waals surface area contributed by atoms with Crippen LogP contribution in [-0.4, -0.2) is 33.2 Å². The average Bonchev–Trinajstić information content (AvgIpc) is 2.79. The van der Waals surface area contributed by atoms with Crippen LogP contribution in [0.2, 0.25) is 5.15 Å². The lowest BCUT2D eigenvalue weighted by Gasteiger charge is -2.06. The molecule has 2 rings (SSSR count). The van der Waals surface area contributed by atoms with E-state index in [2.05, 4.69) is 29.4 Å². The number of aromatic nitrogens is 4. The van der Waals surface area contributed by atoms with Crippen LogP contribution in [0.15, 0.2) is 0 Å². The maximum absolute atomic E-state index is 6.30. The van der Waals surface area contributed by atoms with Crippen LogP contribution in [0.1, 0.15) is 28.2 Å². The fourth-order valence-electron chi connectivity index (χ4n) is 2.50. The van der Waals surface area contributed by atoms with Gasteiger partial charge in [-0.15, -0.1) is 0 Å². The van der Waals surface area contributed by atoms with Gasteiger partial charge in [0, 0.05) is 18.3 Å². The van der Waals surface area contributed by atoms with Crippen LogP contribution < -0.4 is 5.32 Å². The molecule has 0 aliphatic rings. The monoisotopic (exact) mass is 295 g/mol. The summed E-state index contributed by atoms with van der Waals surface area (Å²) in [5.41, 5.74) is 5.62. The molecule has 1 N–H and O–H groups in total. The van der Waals surface area contributed by atoms with Gasteiger partial charge >= 0.3 is 0 Å². The van der Waals surface area contributed by atoms with E-state index in [0.29, 0.717) is 11.7 Å². The Bertz CT molecular complexity index is 612. The van der Waals surface area contributed by atoms with Crippen LogP contribution >= 0.6 is 11.6 Å². The molecule has 2 aromatic heterocycles. The zero-order valence-electron chi connectivity index (χ0n) is 12.8. The first-order valence-corrected chi connectivity index (χ1v) is 7.19. The number of aryl methyl sites for hydroxylation is 3. The van der Waals surface area contributed by atoms with Crippen molar-refractivity contribution < 1.29 is 0 Å². The summed E-state index contributed by atoms with van der Waals surface area (Å²) in [6.07, 6.45) is 0.994. The summed E-state index contributed by atoms with van der Waals surface area (Å²) < 4.78 is 3.73. The third-order valence-corrected chi connectivity index (χ3v) is 4.21. The summed E-state index contributed by atoms with van der Waals surface area (Å²) in [6.45, 7) is 7.79. The minimum Gasteiger partial charge on any atom is -0.319 e. The normalized spacial score (nSPS) is 11.3. The molecule has 0 saturated carbocycles. The maximum atomic E-state index is 6.30. The van der Waals surface area contributed by atoms with Gasteiger partial charge in [0.15, 0.2) is 0 Å². The van der Waals surface area contributed by atoms with Crippen LogP contribution in [-0.2, 0) is 20.0 Å². The van der Waals surface area contributed by atoms with E-state index in [1.165, 1.54) is 11.3 Å². The standard InChI is InChI=1S/C14H22ClN5/c1-9-12(6-7-16-4)11(3)20(18-9)8-13-10(2)17-19(5)14(13)15/h16H,6-8H2,1-5H3. The fraction of sp³-hybridized carbons (Fsp3) is 0.571. The third kappa shape index (κ3) is 2.74. The van der Waals surface area contributed by atoms with Crippen LogP contribution in [0.4, 0.5) is 0 Å². The van der Waals surface area contributed by atoms with Crippen molar-refractivity contribution >= 4 is 11.6 Å². The first-order valence-electron chi connectivity index (χ1n) is 6.81. The Hall–Kier alpha value is -1.33. The molecule has 0 amide bonds. The zero-order valence-corrected chi connectivity index (χ0v) is 13.5. The molecule has 0 aliphatic heterocycles. The Morgan fingerprint density at radius 2 is 1.75 bits per heavy atom. The molecular weight excluding hydrogens is 274 g/mol. The number of likely N-dealkylation sites (N-methyl/N-ethyl adjacent to an activating group) is 1. The largest absolute Gasteiger partial charge is 0.319 e. The van der Waals surface area contributed by atoms with E-state index in [4.69, 9.17) is 11.6 Å². The number of hydrogen-bond donors (Lipinski definition) is 1. The maximum Gasteiger partial charge on any atom is 0.132 e. The highest BCUT2D eigenvalue weighted by atomic mass is 35.5. The van der Waals surface area contributed by atoms with E-state index in [9.17, 15) is 0 Å². The SMILES string of the molecule is CNCCc1c(C)nn(Cc2c(C)nn(C)c2Cl)c1C. The van der Waals surface area contributed by atoms with Crippen LogP contribution in [0.5, 0.6) is 0 Å². The molecular formula is C14H22ClN5. The number of nitrogens with zero attached hydrogens (tertiary/aromatic N) is 4. The molecule has 0 fully saturated rings. The van der Waals surface area contributed by atoms with Gasteiger partial charge in [0.25, 0.3) is 0 Å². The molecule has 0 aromatic carbocycles. The van der Waals surface area contributed by atoms with Gasteiger partial charge in [-0.25, -0.2) is 0 Å². The molecule has 0 bridgehead atoms. The highest BCUT2D eigenvalue weighted by Crippen LogP contribution is 2.22. The third-order valence-electron chi connectivity index (χ3n) is 3.73. The highest BCUT2D eigenvalue weighted by molar-refractivity contribution is 6.30. The number of halogens is 1. The van der Waals surface area contributed by atoms with E-state index in [-0.39, 0.29) is 0 Å².